The lowest BCUT2D eigenvalue weighted by Gasteiger charge is -2.27. The van der Waals surface area contributed by atoms with Crippen molar-refractivity contribution in [2.75, 3.05) is 25.5 Å². The fourth-order valence-corrected chi connectivity index (χ4v) is 2.95. The van der Waals surface area contributed by atoms with Crippen LogP contribution in [0.2, 0.25) is 0 Å². The van der Waals surface area contributed by atoms with Crippen molar-refractivity contribution in [1.29, 1.82) is 0 Å². The molecule has 1 unspecified atom stereocenters. The fraction of sp³-hybridized carbons (Fsp3) is 0.474. The van der Waals surface area contributed by atoms with Crippen molar-refractivity contribution in [2.45, 2.75) is 33.7 Å². The van der Waals surface area contributed by atoms with E-state index in [1.54, 1.807) is 11.8 Å². The van der Waals surface area contributed by atoms with Gasteiger partial charge in [0.25, 0.3) is 0 Å². The SMILES string of the molecule is CCN(CC(=O)Nc1c(C)nn(C)c1C)C(C)c1cccc(OC)c1. The molecule has 0 fully saturated rings. The Morgan fingerprint density at radius 3 is 2.68 bits per heavy atom. The average molecular weight is 344 g/mol. The summed E-state index contributed by atoms with van der Waals surface area (Å²) in [5.74, 6) is 0.794. The zero-order valence-corrected chi connectivity index (χ0v) is 16.0. The Bertz CT molecular complexity index is 739. The molecule has 1 amide bonds. The summed E-state index contributed by atoms with van der Waals surface area (Å²) in [6.45, 7) is 9.11. The molecule has 1 heterocycles. The average Bonchev–Trinajstić information content (AvgIpc) is 2.85. The molecule has 0 saturated carbocycles. The van der Waals surface area contributed by atoms with Crippen molar-refractivity contribution in [3.05, 3.63) is 41.2 Å². The van der Waals surface area contributed by atoms with E-state index in [4.69, 9.17) is 4.74 Å². The number of hydrogen-bond donors (Lipinski definition) is 1. The lowest BCUT2D eigenvalue weighted by molar-refractivity contribution is -0.117. The predicted octanol–water partition coefficient (Wildman–Crippen LogP) is 3.07. The van der Waals surface area contributed by atoms with Crippen LogP contribution >= 0.6 is 0 Å². The topological polar surface area (TPSA) is 59.4 Å². The number of hydrogen-bond acceptors (Lipinski definition) is 4. The molecule has 1 atom stereocenters. The van der Waals surface area contributed by atoms with Gasteiger partial charge >= 0.3 is 0 Å². The first-order valence-corrected chi connectivity index (χ1v) is 8.55. The molecule has 0 aliphatic heterocycles. The Hall–Kier alpha value is -2.34. The number of rotatable bonds is 7. The highest BCUT2D eigenvalue weighted by Crippen LogP contribution is 2.24. The van der Waals surface area contributed by atoms with Gasteiger partial charge in [0.15, 0.2) is 0 Å². The summed E-state index contributed by atoms with van der Waals surface area (Å²) in [5.41, 5.74) is 3.72. The van der Waals surface area contributed by atoms with Crippen molar-refractivity contribution in [3.63, 3.8) is 0 Å². The number of amides is 1. The summed E-state index contributed by atoms with van der Waals surface area (Å²) < 4.78 is 7.08. The van der Waals surface area contributed by atoms with Crippen molar-refractivity contribution >= 4 is 11.6 Å². The molecular weight excluding hydrogens is 316 g/mol. The molecule has 1 aromatic carbocycles. The van der Waals surface area contributed by atoms with E-state index in [2.05, 4.69) is 35.2 Å². The molecule has 2 rings (SSSR count). The maximum Gasteiger partial charge on any atom is 0.238 e. The molecular formula is C19H28N4O2. The first kappa shape index (κ1) is 19.0. The van der Waals surface area contributed by atoms with Crippen LogP contribution in [0.3, 0.4) is 0 Å². The maximum atomic E-state index is 12.5. The Balaban J connectivity index is 2.08. The molecule has 0 aliphatic carbocycles. The van der Waals surface area contributed by atoms with Crippen molar-refractivity contribution in [2.24, 2.45) is 7.05 Å². The van der Waals surface area contributed by atoms with Crippen LogP contribution in [0.1, 0.15) is 36.8 Å². The van der Waals surface area contributed by atoms with E-state index in [1.165, 1.54) is 0 Å². The number of aryl methyl sites for hydroxylation is 2. The molecule has 1 N–H and O–H groups in total. The van der Waals surface area contributed by atoms with Gasteiger partial charge in [-0.05, 0) is 45.0 Å². The quantitative estimate of drug-likeness (QED) is 0.839. The number of anilines is 1. The van der Waals surface area contributed by atoms with Crippen molar-refractivity contribution in [3.8, 4) is 5.75 Å². The number of aromatic nitrogens is 2. The second-order valence-electron chi connectivity index (χ2n) is 6.23. The van der Waals surface area contributed by atoms with Gasteiger partial charge in [0.05, 0.1) is 30.7 Å². The summed E-state index contributed by atoms with van der Waals surface area (Å²) in [6.07, 6.45) is 0. The van der Waals surface area contributed by atoms with E-state index in [9.17, 15) is 4.79 Å². The van der Waals surface area contributed by atoms with Gasteiger partial charge < -0.3 is 10.1 Å². The monoisotopic (exact) mass is 344 g/mol. The molecule has 0 saturated heterocycles. The Labute approximate surface area is 149 Å². The van der Waals surface area contributed by atoms with Crippen LogP contribution in [0, 0.1) is 13.8 Å². The highest BCUT2D eigenvalue weighted by Gasteiger charge is 2.19. The van der Waals surface area contributed by atoms with Gasteiger partial charge in [-0.2, -0.15) is 5.10 Å². The van der Waals surface area contributed by atoms with Crippen molar-refractivity contribution < 1.29 is 9.53 Å². The van der Waals surface area contributed by atoms with Gasteiger partial charge in [0.2, 0.25) is 5.91 Å². The highest BCUT2D eigenvalue weighted by molar-refractivity contribution is 5.93. The molecule has 0 aliphatic rings. The van der Waals surface area contributed by atoms with E-state index >= 15 is 0 Å². The Morgan fingerprint density at radius 2 is 2.12 bits per heavy atom. The molecule has 1 aromatic heterocycles. The van der Waals surface area contributed by atoms with E-state index in [-0.39, 0.29) is 11.9 Å². The molecule has 6 heteroatoms. The molecule has 0 bridgehead atoms. The normalized spacial score (nSPS) is 12.3. The minimum absolute atomic E-state index is 0.0317. The maximum absolute atomic E-state index is 12.5. The molecule has 25 heavy (non-hydrogen) atoms. The summed E-state index contributed by atoms with van der Waals surface area (Å²) in [5, 5.41) is 7.34. The third kappa shape index (κ3) is 4.39. The number of nitrogens with one attached hydrogen (secondary N) is 1. The standard InChI is InChI=1S/C19H28N4O2/c1-7-23(14(3)16-9-8-10-17(11-16)25-6)12-18(24)20-19-13(2)21-22(5)15(19)4/h8-11,14H,7,12H2,1-6H3,(H,20,24). The number of methoxy groups -OCH3 is 1. The number of carbonyl (C=O) groups excluding carboxylic acids is 1. The van der Waals surface area contributed by atoms with Gasteiger partial charge in [0, 0.05) is 13.1 Å². The Kier molecular flexibility index (Phi) is 6.20. The van der Waals surface area contributed by atoms with Gasteiger partial charge in [-0.3, -0.25) is 14.4 Å². The summed E-state index contributed by atoms with van der Waals surface area (Å²) in [7, 11) is 3.54. The van der Waals surface area contributed by atoms with Gasteiger partial charge in [0.1, 0.15) is 5.75 Å². The fourth-order valence-electron chi connectivity index (χ4n) is 2.95. The lowest BCUT2D eigenvalue weighted by atomic mass is 10.1. The van der Waals surface area contributed by atoms with Crippen LogP contribution in [0.4, 0.5) is 5.69 Å². The first-order valence-electron chi connectivity index (χ1n) is 8.55. The molecule has 136 valence electrons. The van der Waals surface area contributed by atoms with E-state index in [0.29, 0.717) is 6.54 Å². The largest absolute Gasteiger partial charge is 0.497 e. The summed E-state index contributed by atoms with van der Waals surface area (Å²) >= 11 is 0. The van der Waals surface area contributed by atoms with E-state index in [0.717, 1.165) is 34.9 Å². The van der Waals surface area contributed by atoms with Gasteiger partial charge in [-0.15, -0.1) is 0 Å². The summed E-state index contributed by atoms with van der Waals surface area (Å²) in [4.78, 5) is 14.7. The number of likely N-dealkylation sites (N-methyl/N-ethyl adjacent to an activating group) is 1. The first-order chi connectivity index (χ1) is 11.9. The van der Waals surface area contributed by atoms with E-state index in [1.807, 2.05) is 39.1 Å². The van der Waals surface area contributed by atoms with Crippen molar-refractivity contribution in [1.82, 2.24) is 14.7 Å². The lowest BCUT2D eigenvalue weighted by Crippen LogP contribution is -2.35. The van der Waals surface area contributed by atoms with Crippen LogP contribution in [0.5, 0.6) is 5.75 Å². The second-order valence-corrected chi connectivity index (χ2v) is 6.23. The molecule has 2 aromatic rings. The van der Waals surface area contributed by atoms with Crippen LogP contribution in [-0.4, -0.2) is 40.8 Å². The Morgan fingerprint density at radius 1 is 1.40 bits per heavy atom. The molecule has 0 spiro atoms. The third-order valence-electron chi connectivity index (χ3n) is 4.65. The smallest absolute Gasteiger partial charge is 0.238 e. The van der Waals surface area contributed by atoms with Crippen LogP contribution in [-0.2, 0) is 11.8 Å². The number of carbonyl (C=O) groups is 1. The van der Waals surface area contributed by atoms with Crippen LogP contribution < -0.4 is 10.1 Å². The predicted molar refractivity (Wildman–Crippen MR) is 100.0 cm³/mol. The zero-order valence-electron chi connectivity index (χ0n) is 16.0. The number of ether oxygens (including phenoxy) is 1. The van der Waals surface area contributed by atoms with E-state index < -0.39 is 0 Å². The molecule has 0 radical (unpaired) electrons. The number of benzene rings is 1. The van der Waals surface area contributed by atoms with Crippen LogP contribution in [0.25, 0.3) is 0 Å². The zero-order chi connectivity index (χ0) is 18.6. The van der Waals surface area contributed by atoms with Gasteiger partial charge in [-0.25, -0.2) is 0 Å². The number of nitrogens with zero attached hydrogens (tertiary/aromatic N) is 3. The van der Waals surface area contributed by atoms with Crippen LogP contribution in [0.15, 0.2) is 24.3 Å². The minimum atomic E-state index is -0.0317. The third-order valence-corrected chi connectivity index (χ3v) is 4.65. The summed E-state index contributed by atoms with van der Waals surface area (Å²) in [6, 6.07) is 8.08. The van der Waals surface area contributed by atoms with Gasteiger partial charge in [-0.1, -0.05) is 19.1 Å². The minimum Gasteiger partial charge on any atom is -0.497 e. The second kappa shape index (κ2) is 8.16. The highest BCUT2D eigenvalue weighted by atomic mass is 16.5. The molecule has 6 nitrogen and oxygen atoms in total.